The summed E-state index contributed by atoms with van der Waals surface area (Å²) >= 11 is 0. The highest BCUT2D eigenvalue weighted by Gasteiger charge is 2.38. The van der Waals surface area contributed by atoms with E-state index >= 15 is 0 Å². The van der Waals surface area contributed by atoms with Gasteiger partial charge in [0.25, 0.3) is 0 Å². The van der Waals surface area contributed by atoms with Crippen LogP contribution in [0.4, 0.5) is 0 Å². The Bertz CT molecular complexity index is 3090. The first-order valence-corrected chi connectivity index (χ1v) is 19.2. The van der Waals surface area contributed by atoms with Crippen LogP contribution in [0.3, 0.4) is 0 Å². The molecule has 1 aliphatic rings. The molecule has 56 heavy (non-hydrogen) atoms. The predicted molar refractivity (Wildman–Crippen MR) is 231 cm³/mol. The fourth-order valence-electron chi connectivity index (χ4n) is 8.99. The lowest BCUT2D eigenvalue weighted by molar-refractivity contribution is 0.666. The second kappa shape index (κ2) is 12.4. The minimum atomic E-state index is -0.113. The van der Waals surface area contributed by atoms with Gasteiger partial charge in [-0.25, -0.2) is 15.0 Å². The van der Waals surface area contributed by atoms with E-state index in [1.165, 1.54) is 66.0 Å². The van der Waals surface area contributed by atoms with Crippen LogP contribution < -0.4 is 0 Å². The van der Waals surface area contributed by atoms with Crippen LogP contribution >= 0.6 is 0 Å². The molecule has 11 rings (SSSR count). The van der Waals surface area contributed by atoms with Crippen LogP contribution in [0.5, 0.6) is 0 Å². The van der Waals surface area contributed by atoms with E-state index in [9.17, 15) is 0 Å². The van der Waals surface area contributed by atoms with Crippen LogP contribution in [0.1, 0.15) is 25.0 Å². The summed E-state index contributed by atoms with van der Waals surface area (Å²) in [5, 5.41) is 5.06. The van der Waals surface area contributed by atoms with Crippen molar-refractivity contribution < 1.29 is 0 Å². The molecule has 0 atom stereocenters. The third-order valence-corrected chi connectivity index (χ3v) is 11.6. The van der Waals surface area contributed by atoms with E-state index in [2.05, 4.69) is 182 Å². The topological polar surface area (TPSA) is 43.6 Å². The number of fused-ring (bicyclic) bond motifs is 8. The van der Waals surface area contributed by atoms with Gasteiger partial charge in [-0.1, -0.05) is 153 Å². The molecule has 0 aliphatic heterocycles. The van der Waals surface area contributed by atoms with E-state index in [-0.39, 0.29) is 5.41 Å². The maximum Gasteiger partial charge on any atom is 0.164 e. The molecular weight excluding hydrogens is 681 g/mol. The summed E-state index contributed by atoms with van der Waals surface area (Å²) in [4.78, 5) is 15.2. The number of rotatable bonds is 5. The zero-order chi connectivity index (χ0) is 37.4. The Balaban J connectivity index is 1.02. The first-order valence-electron chi connectivity index (χ1n) is 19.2. The minimum absolute atomic E-state index is 0.113. The molecule has 2 aromatic heterocycles. The van der Waals surface area contributed by atoms with Crippen LogP contribution in [0.15, 0.2) is 182 Å². The van der Waals surface area contributed by atoms with Crippen molar-refractivity contribution in [2.75, 3.05) is 0 Å². The molecule has 0 unspecified atom stereocenters. The van der Waals surface area contributed by atoms with Crippen molar-refractivity contribution >= 4 is 32.6 Å². The number of aromatic nitrogens is 4. The second-order valence-electron chi connectivity index (χ2n) is 15.2. The molecule has 0 radical (unpaired) electrons. The standard InChI is InChI=1S/C52H36N4/c1-52(2)44-21-11-8-20-42(44)47-43(32-37-16-6-7-17-39(37)48(47)52)33-24-26-35(27-25-33)50-53-49(34-14-4-3-5-15-34)54-51(55-50)36-28-30-38(31-29-36)56-45-22-12-9-18-40(45)41-19-10-13-23-46(41)56/h3-32H,1-2H3. The molecule has 0 bridgehead atoms. The summed E-state index contributed by atoms with van der Waals surface area (Å²) < 4.78 is 2.33. The number of hydrogen-bond donors (Lipinski definition) is 0. The third kappa shape index (κ3) is 4.96. The SMILES string of the molecule is CC1(C)c2ccccc2-c2c(-c3ccc(-c4nc(-c5ccccc5)nc(-c5ccc(-n6c7ccccc7c7ccccc76)cc5)n4)cc3)cc3ccccc3c21. The highest BCUT2D eigenvalue weighted by atomic mass is 15.0. The largest absolute Gasteiger partial charge is 0.309 e. The van der Waals surface area contributed by atoms with Crippen LogP contribution in [0, 0.1) is 0 Å². The van der Waals surface area contributed by atoms with E-state index in [0.29, 0.717) is 17.5 Å². The van der Waals surface area contributed by atoms with E-state index in [0.717, 1.165) is 22.4 Å². The molecule has 8 aromatic carbocycles. The summed E-state index contributed by atoms with van der Waals surface area (Å²) in [6.45, 7) is 4.72. The normalized spacial score (nSPS) is 13.0. The monoisotopic (exact) mass is 716 g/mol. The van der Waals surface area contributed by atoms with Crippen LogP contribution in [-0.2, 0) is 5.41 Å². The minimum Gasteiger partial charge on any atom is -0.309 e. The molecule has 0 amide bonds. The molecule has 10 aromatic rings. The van der Waals surface area contributed by atoms with Gasteiger partial charge < -0.3 is 4.57 Å². The Kier molecular flexibility index (Phi) is 7.17. The smallest absolute Gasteiger partial charge is 0.164 e. The predicted octanol–water partition coefficient (Wildman–Crippen LogP) is 13.1. The lowest BCUT2D eigenvalue weighted by Crippen LogP contribution is -2.15. The zero-order valence-corrected chi connectivity index (χ0v) is 31.1. The summed E-state index contributed by atoms with van der Waals surface area (Å²) in [7, 11) is 0. The van der Waals surface area contributed by atoms with E-state index < -0.39 is 0 Å². The van der Waals surface area contributed by atoms with Gasteiger partial charge in [-0.2, -0.15) is 0 Å². The lowest BCUT2D eigenvalue weighted by atomic mass is 9.79. The highest BCUT2D eigenvalue weighted by molar-refractivity contribution is 6.09. The molecule has 4 nitrogen and oxygen atoms in total. The van der Waals surface area contributed by atoms with Gasteiger partial charge in [-0.3, -0.25) is 0 Å². The lowest BCUT2D eigenvalue weighted by Gasteiger charge is -2.24. The van der Waals surface area contributed by atoms with Gasteiger partial charge in [0, 0.05) is 38.6 Å². The number of hydrogen-bond acceptors (Lipinski definition) is 3. The molecule has 0 N–H and O–H groups in total. The van der Waals surface area contributed by atoms with Crippen LogP contribution in [0.2, 0.25) is 0 Å². The maximum absolute atomic E-state index is 5.11. The third-order valence-electron chi connectivity index (χ3n) is 11.6. The molecular formula is C52H36N4. The van der Waals surface area contributed by atoms with Crippen LogP contribution in [-0.4, -0.2) is 19.5 Å². The fourth-order valence-corrected chi connectivity index (χ4v) is 8.99. The molecule has 0 spiro atoms. The number of benzene rings is 8. The Labute approximate surface area is 325 Å². The average Bonchev–Trinajstić information content (AvgIpc) is 3.72. The van der Waals surface area contributed by atoms with Gasteiger partial charge in [0.2, 0.25) is 0 Å². The molecule has 264 valence electrons. The molecule has 4 heteroatoms. The number of para-hydroxylation sites is 2. The van der Waals surface area contributed by atoms with Gasteiger partial charge in [0.15, 0.2) is 17.5 Å². The highest BCUT2D eigenvalue weighted by Crippen LogP contribution is 2.54. The molecule has 0 saturated carbocycles. The van der Waals surface area contributed by atoms with Crippen molar-refractivity contribution in [3.8, 4) is 62.1 Å². The van der Waals surface area contributed by atoms with Crippen molar-refractivity contribution in [1.29, 1.82) is 0 Å². The number of nitrogens with zero attached hydrogens (tertiary/aromatic N) is 4. The van der Waals surface area contributed by atoms with Crippen molar-refractivity contribution in [1.82, 2.24) is 19.5 Å². The first kappa shape index (κ1) is 32.3. The summed E-state index contributed by atoms with van der Waals surface area (Å²) in [6.07, 6.45) is 0. The van der Waals surface area contributed by atoms with Gasteiger partial charge in [0.1, 0.15) is 0 Å². The fraction of sp³-hybridized carbons (Fsp3) is 0.0577. The Morgan fingerprint density at radius 1 is 0.411 bits per heavy atom. The molecule has 1 aliphatic carbocycles. The van der Waals surface area contributed by atoms with E-state index in [4.69, 9.17) is 15.0 Å². The van der Waals surface area contributed by atoms with Crippen LogP contribution in [0.25, 0.3) is 94.7 Å². The van der Waals surface area contributed by atoms with Crippen molar-refractivity contribution in [2.45, 2.75) is 19.3 Å². The van der Waals surface area contributed by atoms with E-state index in [1.807, 2.05) is 18.2 Å². The van der Waals surface area contributed by atoms with E-state index in [1.54, 1.807) is 0 Å². The zero-order valence-electron chi connectivity index (χ0n) is 31.1. The Morgan fingerprint density at radius 3 is 1.54 bits per heavy atom. The average molecular weight is 717 g/mol. The molecule has 0 fully saturated rings. The summed E-state index contributed by atoms with van der Waals surface area (Å²) in [5.74, 6) is 1.92. The maximum atomic E-state index is 5.11. The summed E-state index contributed by atoms with van der Waals surface area (Å²) in [5.41, 5.74) is 14.0. The quantitative estimate of drug-likeness (QED) is 0.178. The van der Waals surface area contributed by atoms with Crippen molar-refractivity contribution in [3.63, 3.8) is 0 Å². The Morgan fingerprint density at radius 2 is 0.893 bits per heavy atom. The van der Waals surface area contributed by atoms with Gasteiger partial charge >= 0.3 is 0 Å². The molecule has 2 heterocycles. The van der Waals surface area contributed by atoms with Crippen molar-refractivity contribution in [3.05, 3.63) is 193 Å². The Hall–Kier alpha value is -7.17. The second-order valence-corrected chi connectivity index (χ2v) is 15.2. The van der Waals surface area contributed by atoms with Crippen molar-refractivity contribution in [2.24, 2.45) is 0 Å². The van der Waals surface area contributed by atoms with Gasteiger partial charge in [-0.15, -0.1) is 0 Å². The summed E-state index contributed by atoms with van der Waals surface area (Å²) in [6, 6.07) is 64.7. The first-order chi connectivity index (χ1) is 27.5. The van der Waals surface area contributed by atoms with Gasteiger partial charge in [0.05, 0.1) is 11.0 Å². The van der Waals surface area contributed by atoms with Gasteiger partial charge in [-0.05, 0) is 86.6 Å². The molecule has 0 saturated heterocycles.